The van der Waals surface area contributed by atoms with Crippen LogP contribution in [0, 0.1) is 0 Å². The molecule has 2 aromatic heterocycles. The third kappa shape index (κ3) is 5.17. The first-order valence-corrected chi connectivity index (χ1v) is 20.6. The molecule has 0 fully saturated rings. The Morgan fingerprint density at radius 1 is 0.379 bits per heavy atom. The fourth-order valence-corrected chi connectivity index (χ4v) is 9.61. The van der Waals surface area contributed by atoms with Crippen molar-refractivity contribution in [3.05, 3.63) is 175 Å². The largest absolute Gasteiger partial charge is 0.355 e. The Labute approximate surface area is 340 Å². The van der Waals surface area contributed by atoms with Crippen LogP contribution in [0.5, 0.6) is 0 Å². The zero-order valence-electron chi connectivity index (χ0n) is 34.0. The van der Waals surface area contributed by atoms with E-state index in [9.17, 15) is 0 Å². The predicted octanol–water partition coefficient (Wildman–Crippen LogP) is 15.8. The maximum atomic E-state index is 4.06. The van der Waals surface area contributed by atoms with Gasteiger partial charge in [0.05, 0.1) is 16.6 Å². The Hall–Kier alpha value is -6.64. The molecule has 0 saturated heterocycles. The predicted molar refractivity (Wildman–Crippen MR) is 249 cm³/mol. The summed E-state index contributed by atoms with van der Waals surface area (Å²) in [7, 11) is 0. The second-order valence-electron chi connectivity index (χ2n) is 18.3. The molecule has 1 aliphatic rings. The summed E-state index contributed by atoms with van der Waals surface area (Å²) < 4.78 is 2.57. The van der Waals surface area contributed by atoms with E-state index in [-0.39, 0.29) is 10.8 Å². The van der Waals surface area contributed by atoms with Gasteiger partial charge in [0.25, 0.3) is 0 Å². The van der Waals surface area contributed by atoms with Crippen LogP contribution < -0.4 is 5.32 Å². The number of hydrogen-bond acceptors (Lipinski definition) is 1. The van der Waals surface area contributed by atoms with E-state index < -0.39 is 0 Å². The van der Waals surface area contributed by atoms with E-state index in [2.05, 4.69) is 215 Å². The van der Waals surface area contributed by atoms with Gasteiger partial charge in [-0.15, -0.1) is 0 Å². The number of rotatable bonds is 3. The molecule has 2 heteroatoms. The highest BCUT2D eigenvalue weighted by Crippen LogP contribution is 2.53. The van der Waals surface area contributed by atoms with Crippen molar-refractivity contribution in [3.63, 3.8) is 0 Å². The molecule has 0 radical (unpaired) electrons. The van der Waals surface area contributed by atoms with Gasteiger partial charge in [0.1, 0.15) is 0 Å². The van der Waals surface area contributed by atoms with E-state index in [0.717, 1.165) is 11.4 Å². The number of benzene rings is 8. The average Bonchev–Trinajstić information content (AvgIpc) is 3.75. The van der Waals surface area contributed by atoms with Crippen LogP contribution in [0.4, 0.5) is 11.4 Å². The number of hydrogen-bond donors (Lipinski definition) is 1. The van der Waals surface area contributed by atoms with Gasteiger partial charge in [-0.05, 0) is 103 Å². The first kappa shape index (κ1) is 34.6. The zero-order chi connectivity index (χ0) is 39.5. The maximum Gasteiger partial charge on any atom is 0.0633 e. The van der Waals surface area contributed by atoms with Crippen molar-refractivity contribution in [2.45, 2.75) is 52.4 Å². The molecule has 0 aliphatic carbocycles. The number of anilines is 2. The van der Waals surface area contributed by atoms with Crippen molar-refractivity contribution < 1.29 is 0 Å². The lowest BCUT2D eigenvalue weighted by atomic mass is 9.82. The summed E-state index contributed by atoms with van der Waals surface area (Å²) in [5.74, 6) is 0. The molecule has 3 heterocycles. The first-order valence-electron chi connectivity index (χ1n) is 20.6. The molecule has 0 saturated carbocycles. The average molecular weight is 747 g/mol. The van der Waals surface area contributed by atoms with Crippen molar-refractivity contribution in [2.24, 2.45) is 0 Å². The van der Waals surface area contributed by atoms with Gasteiger partial charge in [-0.25, -0.2) is 0 Å². The molecule has 2 bridgehead atoms. The van der Waals surface area contributed by atoms with Gasteiger partial charge >= 0.3 is 0 Å². The van der Waals surface area contributed by atoms with Gasteiger partial charge < -0.3 is 9.72 Å². The summed E-state index contributed by atoms with van der Waals surface area (Å²) in [6, 6.07) is 61.4. The highest BCUT2D eigenvalue weighted by molar-refractivity contribution is 6.31. The molecular weight excluding hydrogens is 701 g/mol. The van der Waals surface area contributed by atoms with Crippen molar-refractivity contribution in [2.75, 3.05) is 5.32 Å². The van der Waals surface area contributed by atoms with E-state index in [1.807, 2.05) is 0 Å². The molecule has 0 unspecified atom stereocenters. The van der Waals surface area contributed by atoms with E-state index in [1.54, 1.807) is 0 Å². The Bertz CT molecular complexity index is 3180. The van der Waals surface area contributed by atoms with E-state index in [4.69, 9.17) is 0 Å². The molecule has 0 amide bonds. The summed E-state index contributed by atoms with van der Waals surface area (Å²) in [5, 5.41) is 9.26. The summed E-state index contributed by atoms with van der Waals surface area (Å²) in [6.45, 7) is 13.9. The Morgan fingerprint density at radius 3 is 1.64 bits per heavy atom. The number of fused-ring (bicyclic) bond motifs is 14. The van der Waals surface area contributed by atoms with Crippen molar-refractivity contribution in [1.29, 1.82) is 0 Å². The Kier molecular flexibility index (Phi) is 7.41. The van der Waals surface area contributed by atoms with Crippen LogP contribution in [-0.4, -0.2) is 4.40 Å². The van der Waals surface area contributed by atoms with Gasteiger partial charge in [-0.3, -0.25) is 0 Å². The van der Waals surface area contributed by atoms with Crippen LogP contribution in [0.1, 0.15) is 52.7 Å². The highest BCUT2D eigenvalue weighted by atomic mass is 14.9. The molecule has 0 atom stereocenters. The molecule has 0 spiro atoms. The van der Waals surface area contributed by atoms with E-state index >= 15 is 0 Å². The van der Waals surface area contributed by atoms with Crippen LogP contribution in [0.2, 0.25) is 0 Å². The summed E-state index contributed by atoms with van der Waals surface area (Å²) in [5.41, 5.74) is 21.0. The molecule has 8 aromatic carbocycles. The SMILES string of the molecule is CC(C)(C)c1ccc2c(c1)Nc1ccc(-c3c(-c4ccccc4)cccc3-c3ccccc3)cc1-c1cc-2c2c3ccccc3n3c4cc(C(C)(C)C)ccc4c1c23. The second-order valence-corrected chi connectivity index (χ2v) is 18.3. The van der Waals surface area contributed by atoms with Crippen molar-refractivity contribution in [1.82, 2.24) is 4.40 Å². The maximum absolute atomic E-state index is 4.06. The normalized spacial score (nSPS) is 12.8. The highest BCUT2D eigenvalue weighted by Gasteiger charge is 2.29. The summed E-state index contributed by atoms with van der Waals surface area (Å²) in [6.07, 6.45) is 0. The second kappa shape index (κ2) is 12.4. The molecule has 2 nitrogen and oxygen atoms in total. The lowest BCUT2D eigenvalue weighted by Gasteiger charge is -2.26. The molecule has 58 heavy (non-hydrogen) atoms. The molecule has 280 valence electrons. The lowest BCUT2D eigenvalue weighted by Crippen LogP contribution is -2.12. The quantitative estimate of drug-likeness (QED) is 0.190. The van der Waals surface area contributed by atoms with Crippen LogP contribution in [0.3, 0.4) is 0 Å². The number of nitrogens with one attached hydrogen (secondary N) is 1. The minimum absolute atomic E-state index is 0.00353. The van der Waals surface area contributed by atoms with Gasteiger partial charge in [-0.2, -0.15) is 0 Å². The van der Waals surface area contributed by atoms with E-state index in [0.29, 0.717) is 0 Å². The third-order valence-electron chi connectivity index (χ3n) is 12.6. The van der Waals surface area contributed by atoms with Crippen LogP contribution in [-0.2, 0) is 10.8 Å². The zero-order valence-corrected chi connectivity index (χ0v) is 34.0. The Balaban J connectivity index is 1.30. The molecule has 11 rings (SSSR count). The topological polar surface area (TPSA) is 16.4 Å². The Morgan fingerprint density at radius 2 is 0.966 bits per heavy atom. The standard InChI is InChI=1S/C56H46N2/c1-55(2,3)37-25-27-41-45-33-46(53-43-28-26-38(56(4,5)6)32-50(43)58-49-23-14-13-20-42(49)52(45)54(53)58)44-30-36(24-29-47(44)57-48(41)31-37)51-39(34-16-9-7-10-17-34)21-15-22-40(51)35-18-11-8-12-19-35/h7-33,57H,1-6H3. The first-order chi connectivity index (χ1) is 28.0. The van der Waals surface area contributed by atoms with Gasteiger partial charge in [-0.1, -0.05) is 169 Å². The lowest BCUT2D eigenvalue weighted by molar-refractivity contribution is 0.590. The van der Waals surface area contributed by atoms with Gasteiger partial charge in [0.15, 0.2) is 0 Å². The number of para-hydroxylation sites is 1. The fraction of sp³-hybridized carbons (Fsp3) is 0.143. The summed E-state index contributed by atoms with van der Waals surface area (Å²) >= 11 is 0. The van der Waals surface area contributed by atoms with E-state index in [1.165, 1.54) is 105 Å². The molecule has 1 N–H and O–H groups in total. The number of nitrogens with zero attached hydrogens (tertiary/aromatic N) is 1. The molecule has 10 aromatic rings. The minimum Gasteiger partial charge on any atom is -0.355 e. The monoisotopic (exact) mass is 746 g/mol. The fourth-order valence-electron chi connectivity index (χ4n) is 9.61. The van der Waals surface area contributed by atoms with Gasteiger partial charge in [0.2, 0.25) is 0 Å². The number of aromatic nitrogens is 1. The smallest absolute Gasteiger partial charge is 0.0633 e. The van der Waals surface area contributed by atoms with Gasteiger partial charge in [0, 0.05) is 44.0 Å². The van der Waals surface area contributed by atoms with Crippen molar-refractivity contribution >= 4 is 49.5 Å². The minimum atomic E-state index is -0.00353. The van der Waals surface area contributed by atoms with Crippen LogP contribution >= 0.6 is 0 Å². The third-order valence-corrected chi connectivity index (χ3v) is 12.6. The summed E-state index contributed by atoms with van der Waals surface area (Å²) in [4.78, 5) is 0. The van der Waals surface area contributed by atoms with Crippen LogP contribution in [0.15, 0.2) is 164 Å². The molecular formula is C56H46N2. The van der Waals surface area contributed by atoms with Crippen LogP contribution in [0.25, 0.3) is 93.7 Å². The van der Waals surface area contributed by atoms with Crippen molar-refractivity contribution in [3.8, 4) is 55.6 Å². The molecule has 1 aliphatic heterocycles.